The zero-order valence-electron chi connectivity index (χ0n) is 3.55. The molecule has 0 amide bonds. The molecule has 0 aromatic rings. The monoisotopic (exact) mass is 85.1 g/mol. The smallest absolute Gasteiger partial charge is 0.467 e. The minimum Gasteiger partial charge on any atom is -0.467 e. The third-order valence-corrected chi connectivity index (χ3v) is 0.230. The van der Waals surface area contributed by atoms with E-state index in [4.69, 9.17) is 5.64 Å². The van der Waals surface area contributed by atoms with E-state index in [-0.39, 0.29) is 0 Å². The molecule has 0 rings (SSSR count). The molecule has 0 aromatic heterocycles. The van der Waals surface area contributed by atoms with Crippen molar-refractivity contribution in [3.8, 4) is 0 Å². The van der Waals surface area contributed by atoms with Gasteiger partial charge in [-0.2, -0.15) is 0 Å². The van der Waals surface area contributed by atoms with Crippen molar-refractivity contribution in [1.29, 1.82) is 0 Å². The van der Waals surface area contributed by atoms with Gasteiger partial charge in [-0.15, -0.1) is 0 Å². The van der Waals surface area contributed by atoms with Crippen LogP contribution >= 0.6 is 0 Å². The van der Waals surface area contributed by atoms with Crippen molar-refractivity contribution in [2.75, 3.05) is 7.11 Å². The van der Waals surface area contributed by atoms with Crippen LogP contribution in [0.15, 0.2) is 0 Å². The third-order valence-electron chi connectivity index (χ3n) is 0.230. The summed E-state index contributed by atoms with van der Waals surface area (Å²) in [7, 11) is 3.63. The maximum Gasteiger partial charge on any atom is 0.471 e. The van der Waals surface area contributed by atoms with Crippen molar-refractivity contribution < 1.29 is 9.23 Å². The van der Waals surface area contributed by atoms with Crippen LogP contribution in [0, 0.1) is 0 Å². The lowest BCUT2D eigenvalue weighted by Crippen LogP contribution is -2.13. The highest BCUT2D eigenvalue weighted by atomic mass is 16.6. The Morgan fingerprint density at radius 3 is 2.50 bits per heavy atom. The fourth-order valence-electron chi connectivity index (χ4n) is 0.0876. The topological polar surface area (TPSA) is 44.5 Å². The Bertz CT molecular complexity index is 23.5. The lowest BCUT2D eigenvalue weighted by Gasteiger charge is -1.88. The first-order valence-corrected chi connectivity index (χ1v) is 1.45. The molecular weight excluding hydrogens is 79.6 g/mol. The Hall–Kier alpha value is 0.00987. The first kappa shape index (κ1) is 6.01. The van der Waals surface area contributed by atoms with Gasteiger partial charge in [-0.3, -0.25) is 0 Å². The zero-order chi connectivity index (χ0) is 4.83. The molecule has 0 saturated heterocycles. The summed E-state index contributed by atoms with van der Waals surface area (Å²) in [6.45, 7) is 0. The first-order chi connectivity index (χ1) is 2.91. The van der Waals surface area contributed by atoms with E-state index < -0.39 is 0 Å². The van der Waals surface area contributed by atoms with Crippen LogP contribution in [-0.4, -0.2) is 22.4 Å². The van der Waals surface area contributed by atoms with Crippen LogP contribution < -0.4 is 5.64 Å². The fourth-order valence-corrected chi connectivity index (χ4v) is 0.0876. The first-order valence-electron chi connectivity index (χ1n) is 1.45. The van der Waals surface area contributed by atoms with E-state index in [1.807, 2.05) is 0 Å². The van der Waals surface area contributed by atoms with Crippen molar-refractivity contribution in [3.63, 3.8) is 0 Å². The second kappa shape index (κ2) is 5.01. The second-order valence-corrected chi connectivity index (χ2v) is 0.604. The van der Waals surface area contributed by atoms with Gasteiger partial charge in [-0.05, 0) is 0 Å². The number of rotatable bonds is 3. The molecule has 0 aliphatic rings. The number of nitrogens with two attached hydrogens (primary N) is 1. The third kappa shape index (κ3) is 4.01. The Kier molecular flexibility index (Phi) is 5.02. The highest BCUT2D eigenvalue weighted by Gasteiger charge is 1.83. The van der Waals surface area contributed by atoms with E-state index in [1.165, 1.54) is 7.11 Å². The summed E-state index contributed by atoms with van der Waals surface area (Å²) in [6.07, 6.45) is 0. The summed E-state index contributed by atoms with van der Waals surface area (Å²) in [6, 6.07) is 0. The van der Waals surface area contributed by atoms with Gasteiger partial charge in [-0.25, -0.2) is 0 Å². The quantitative estimate of drug-likeness (QED) is 0.341. The predicted molar refractivity (Wildman–Crippen MR) is 23.8 cm³/mol. The van der Waals surface area contributed by atoms with Gasteiger partial charge in [0.25, 0.3) is 0 Å². The lowest BCUT2D eigenvalue weighted by molar-refractivity contribution is 0.372. The summed E-state index contributed by atoms with van der Waals surface area (Å²) < 4.78 is 8.61. The SMILES string of the molecule is CO[B]O[B]N. The van der Waals surface area contributed by atoms with Crippen molar-refractivity contribution in [2.24, 2.45) is 5.64 Å². The van der Waals surface area contributed by atoms with Gasteiger partial charge < -0.3 is 14.9 Å². The average molecular weight is 84.7 g/mol. The standard InChI is InChI=1S/CH5B2NO2/c1-5-3-6-2-4/h4H2,1H3. The van der Waals surface area contributed by atoms with Crippen LogP contribution in [0.2, 0.25) is 0 Å². The van der Waals surface area contributed by atoms with E-state index in [9.17, 15) is 0 Å². The molecule has 0 aliphatic carbocycles. The molecule has 32 valence electrons. The number of hydrogen-bond donors (Lipinski definition) is 1. The van der Waals surface area contributed by atoms with Gasteiger partial charge in [0.15, 0.2) is 0 Å². The summed E-state index contributed by atoms with van der Waals surface area (Å²) >= 11 is 0. The number of hydrogen-bond acceptors (Lipinski definition) is 3. The molecule has 0 spiro atoms. The van der Waals surface area contributed by atoms with Crippen molar-refractivity contribution in [2.45, 2.75) is 0 Å². The van der Waals surface area contributed by atoms with Crippen molar-refractivity contribution >= 4 is 15.3 Å². The van der Waals surface area contributed by atoms with Gasteiger partial charge >= 0.3 is 15.3 Å². The Morgan fingerprint density at radius 2 is 2.33 bits per heavy atom. The molecule has 0 unspecified atom stereocenters. The molecule has 0 atom stereocenters. The normalized spacial score (nSPS) is 7.67. The molecule has 2 radical (unpaired) electrons. The van der Waals surface area contributed by atoms with Crippen LogP contribution in [0.5, 0.6) is 0 Å². The van der Waals surface area contributed by atoms with Crippen molar-refractivity contribution in [3.05, 3.63) is 0 Å². The predicted octanol–water partition coefficient (Wildman–Crippen LogP) is -1.32. The summed E-state index contributed by atoms with van der Waals surface area (Å²) in [5.74, 6) is 0. The molecule has 6 heavy (non-hydrogen) atoms. The summed E-state index contributed by atoms with van der Waals surface area (Å²) in [5, 5.41) is 0. The van der Waals surface area contributed by atoms with Gasteiger partial charge in [0.05, 0.1) is 0 Å². The van der Waals surface area contributed by atoms with Crippen LogP contribution in [-0.2, 0) is 9.23 Å². The maximum absolute atomic E-state index is 4.76. The van der Waals surface area contributed by atoms with Gasteiger partial charge in [-0.1, -0.05) is 0 Å². The highest BCUT2D eigenvalue weighted by molar-refractivity contribution is 6.36. The molecule has 5 heteroatoms. The van der Waals surface area contributed by atoms with Crippen LogP contribution in [0.1, 0.15) is 0 Å². The van der Waals surface area contributed by atoms with E-state index >= 15 is 0 Å². The van der Waals surface area contributed by atoms with Crippen LogP contribution in [0.25, 0.3) is 0 Å². The molecule has 0 bridgehead atoms. The largest absolute Gasteiger partial charge is 0.471 e. The molecule has 0 aliphatic heterocycles. The molecule has 0 aromatic carbocycles. The Labute approximate surface area is 38.4 Å². The molecule has 0 fully saturated rings. The lowest BCUT2D eigenvalue weighted by atomic mass is 10.2. The molecule has 0 heterocycles. The molecule has 3 nitrogen and oxygen atoms in total. The van der Waals surface area contributed by atoms with E-state index in [0.29, 0.717) is 0 Å². The summed E-state index contributed by atoms with van der Waals surface area (Å²) in [4.78, 5) is 0. The van der Waals surface area contributed by atoms with Crippen LogP contribution in [0.3, 0.4) is 0 Å². The Morgan fingerprint density at radius 1 is 1.67 bits per heavy atom. The second-order valence-electron chi connectivity index (χ2n) is 0.604. The highest BCUT2D eigenvalue weighted by Crippen LogP contribution is 1.57. The molecule has 2 N–H and O–H groups in total. The van der Waals surface area contributed by atoms with Crippen LogP contribution in [0.4, 0.5) is 0 Å². The Balaban J connectivity index is 2.34. The van der Waals surface area contributed by atoms with E-state index in [2.05, 4.69) is 9.23 Å². The molecular formula is CH5B2NO2. The van der Waals surface area contributed by atoms with E-state index in [1.54, 1.807) is 0 Å². The summed E-state index contributed by atoms with van der Waals surface area (Å²) in [5.41, 5.74) is 4.76. The van der Waals surface area contributed by atoms with Crippen molar-refractivity contribution in [1.82, 2.24) is 0 Å². The average Bonchev–Trinajstić information content (AvgIpc) is 1.61. The minimum absolute atomic E-state index is 1.03. The van der Waals surface area contributed by atoms with Gasteiger partial charge in [0.2, 0.25) is 0 Å². The van der Waals surface area contributed by atoms with E-state index in [0.717, 1.165) is 15.3 Å². The van der Waals surface area contributed by atoms with Gasteiger partial charge in [0.1, 0.15) is 0 Å². The molecule has 0 saturated carbocycles. The fraction of sp³-hybridized carbons (Fsp3) is 1.00. The maximum atomic E-state index is 4.76. The van der Waals surface area contributed by atoms with Gasteiger partial charge in [0, 0.05) is 7.11 Å². The minimum atomic E-state index is 1.03. The zero-order valence-corrected chi connectivity index (χ0v) is 3.55.